The molecule has 0 spiro atoms. The highest BCUT2D eigenvalue weighted by Crippen LogP contribution is 2.37. The summed E-state index contributed by atoms with van der Waals surface area (Å²) < 4.78 is 0. The van der Waals surface area contributed by atoms with Crippen molar-refractivity contribution in [2.24, 2.45) is 0 Å². The fourth-order valence-corrected chi connectivity index (χ4v) is 2.85. The zero-order valence-corrected chi connectivity index (χ0v) is 12.8. The van der Waals surface area contributed by atoms with Crippen LogP contribution >= 0.6 is 20.8 Å². The third-order valence-electron chi connectivity index (χ3n) is 3.32. The number of halogens is 1. The molecule has 3 rings (SSSR count). The van der Waals surface area contributed by atoms with Gasteiger partial charge in [0.2, 0.25) is 0 Å². The van der Waals surface area contributed by atoms with E-state index < -0.39 is 0 Å². The van der Waals surface area contributed by atoms with Crippen LogP contribution < -0.4 is 5.30 Å². The van der Waals surface area contributed by atoms with Crippen LogP contribution in [0.3, 0.4) is 0 Å². The fraction of sp³-hybridized carbons (Fsp3) is 0. The lowest BCUT2D eigenvalue weighted by Crippen LogP contribution is -1.97. The van der Waals surface area contributed by atoms with Crippen LogP contribution in [0.25, 0.3) is 22.3 Å². The number of rotatable bonds is 2. The van der Waals surface area contributed by atoms with Gasteiger partial charge in [-0.2, -0.15) is 0 Å². The van der Waals surface area contributed by atoms with E-state index in [4.69, 9.17) is 11.6 Å². The Labute approximate surface area is 126 Å². The lowest BCUT2D eigenvalue weighted by molar-refractivity contribution is 1.60. The minimum Gasteiger partial charge on any atom is -0.104 e. The molecule has 0 saturated heterocycles. The smallest absolute Gasteiger partial charge is 0.0562 e. The van der Waals surface area contributed by atoms with Gasteiger partial charge in [-0.15, -0.1) is 9.24 Å². The Balaban J connectivity index is 2.29. The normalized spacial score (nSPS) is 10.5. The summed E-state index contributed by atoms with van der Waals surface area (Å²) in [6.45, 7) is 0. The van der Waals surface area contributed by atoms with Gasteiger partial charge in [0, 0.05) is 5.56 Å². The van der Waals surface area contributed by atoms with Gasteiger partial charge in [-0.1, -0.05) is 84.4 Å². The van der Waals surface area contributed by atoms with Crippen molar-refractivity contribution in [1.82, 2.24) is 0 Å². The molecule has 0 aliphatic heterocycles. The largest absolute Gasteiger partial charge is 0.104 e. The average molecular weight is 297 g/mol. The molecule has 0 N–H and O–H groups in total. The Morgan fingerprint density at radius 3 is 1.80 bits per heavy atom. The zero-order chi connectivity index (χ0) is 13.9. The molecule has 0 radical (unpaired) electrons. The molecule has 0 aromatic heterocycles. The predicted octanol–water partition coefficient (Wildman–Crippen LogP) is 5.17. The van der Waals surface area contributed by atoms with Crippen molar-refractivity contribution in [1.29, 1.82) is 0 Å². The summed E-state index contributed by atoms with van der Waals surface area (Å²) >= 11 is 6.56. The Hall–Kier alpha value is -1.62. The van der Waals surface area contributed by atoms with Crippen LogP contribution in [0.1, 0.15) is 0 Å². The number of benzene rings is 3. The molecule has 0 saturated carbocycles. The van der Waals surface area contributed by atoms with Crippen LogP contribution in [-0.4, -0.2) is 0 Å². The van der Waals surface area contributed by atoms with Gasteiger partial charge in [-0.25, -0.2) is 0 Å². The van der Waals surface area contributed by atoms with Gasteiger partial charge in [0.1, 0.15) is 0 Å². The van der Waals surface area contributed by atoms with Crippen LogP contribution in [-0.2, 0) is 0 Å². The minimum atomic E-state index is 0.794. The van der Waals surface area contributed by atoms with E-state index in [0.29, 0.717) is 0 Å². The van der Waals surface area contributed by atoms with Crippen molar-refractivity contribution in [3.8, 4) is 22.3 Å². The molecular formula is C18H14ClP. The fourth-order valence-electron chi connectivity index (χ4n) is 2.34. The average Bonchev–Trinajstić information content (AvgIpc) is 2.51. The van der Waals surface area contributed by atoms with E-state index in [9.17, 15) is 0 Å². The van der Waals surface area contributed by atoms with Crippen LogP contribution in [0, 0.1) is 0 Å². The summed E-state index contributed by atoms with van der Waals surface area (Å²) in [5.74, 6) is 0. The summed E-state index contributed by atoms with van der Waals surface area (Å²) in [4.78, 5) is 0. The Kier molecular flexibility index (Phi) is 3.87. The molecular weight excluding hydrogens is 283 g/mol. The lowest BCUT2D eigenvalue weighted by atomic mass is 9.94. The topological polar surface area (TPSA) is 0 Å². The highest BCUT2D eigenvalue weighted by atomic mass is 35.5. The van der Waals surface area contributed by atoms with Crippen LogP contribution in [0.2, 0.25) is 5.02 Å². The highest BCUT2D eigenvalue weighted by Gasteiger charge is 2.12. The van der Waals surface area contributed by atoms with Gasteiger partial charge in [-0.3, -0.25) is 0 Å². The number of hydrogen-bond acceptors (Lipinski definition) is 0. The van der Waals surface area contributed by atoms with Crippen molar-refractivity contribution >= 4 is 26.1 Å². The summed E-state index contributed by atoms with van der Waals surface area (Å²) in [5, 5.41) is 1.81. The molecule has 0 nitrogen and oxygen atoms in total. The maximum Gasteiger partial charge on any atom is 0.0562 e. The van der Waals surface area contributed by atoms with Crippen molar-refractivity contribution in [2.45, 2.75) is 0 Å². The quantitative estimate of drug-likeness (QED) is 0.572. The van der Waals surface area contributed by atoms with Crippen molar-refractivity contribution in [2.75, 3.05) is 0 Å². The monoisotopic (exact) mass is 296 g/mol. The van der Waals surface area contributed by atoms with Crippen LogP contribution in [0.5, 0.6) is 0 Å². The third-order valence-corrected chi connectivity index (χ3v) is 4.39. The van der Waals surface area contributed by atoms with Gasteiger partial charge in [0.05, 0.1) is 5.02 Å². The van der Waals surface area contributed by atoms with E-state index in [1.165, 1.54) is 5.56 Å². The lowest BCUT2D eigenvalue weighted by Gasteiger charge is -2.14. The first kappa shape index (κ1) is 13.4. The van der Waals surface area contributed by atoms with E-state index in [1.807, 2.05) is 42.5 Å². The van der Waals surface area contributed by atoms with Gasteiger partial charge < -0.3 is 0 Å². The van der Waals surface area contributed by atoms with E-state index in [-0.39, 0.29) is 0 Å². The summed E-state index contributed by atoms with van der Waals surface area (Å²) in [5.41, 5.74) is 4.57. The molecule has 2 heteroatoms. The minimum absolute atomic E-state index is 0.794. The van der Waals surface area contributed by atoms with Crippen LogP contribution in [0.4, 0.5) is 0 Å². The Morgan fingerprint density at radius 2 is 1.20 bits per heavy atom. The Bertz CT molecular complexity index is 721. The first-order chi connectivity index (χ1) is 9.77. The van der Waals surface area contributed by atoms with Gasteiger partial charge in [0.15, 0.2) is 0 Å². The van der Waals surface area contributed by atoms with Gasteiger partial charge in [0.25, 0.3) is 0 Å². The molecule has 0 aliphatic rings. The van der Waals surface area contributed by atoms with Gasteiger partial charge >= 0.3 is 0 Å². The van der Waals surface area contributed by atoms with Crippen LogP contribution in [0.15, 0.2) is 72.8 Å². The second kappa shape index (κ2) is 5.79. The molecule has 98 valence electrons. The molecule has 1 atom stereocenters. The van der Waals surface area contributed by atoms with Crippen molar-refractivity contribution in [3.05, 3.63) is 77.8 Å². The van der Waals surface area contributed by atoms with E-state index in [0.717, 1.165) is 27.0 Å². The first-order valence-electron chi connectivity index (χ1n) is 6.46. The maximum atomic E-state index is 6.56. The molecule has 3 aromatic carbocycles. The summed E-state index contributed by atoms with van der Waals surface area (Å²) in [7, 11) is 2.70. The molecule has 0 amide bonds. The molecule has 0 heterocycles. The molecule has 3 aromatic rings. The summed E-state index contributed by atoms with van der Waals surface area (Å²) in [6.07, 6.45) is 0. The van der Waals surface area contributed by atoms with E-state index in [1.54, 1.807) is 0 Å². The highest BCUT2D eigenvalue weighted by molar-refractivity contribution is 7.28. The van der Waals surface area contributed by atoms with E-state index in [2.05, 4.69) is 39.6 Å². The maximum absolute atomic E-state index is 6.56. The number of hydrogen-bond donors (Lipinski definition) is 0. The second-order valence-electron chi connectivity index (χ2n) is 4.62. The standard InChI is InChI=1S/C18H14ClP/c19-18-16(20)12-11-15(13-7-3-1-4-8-13)17(18)14-9-5-2-6-10-14/h1-12H,20H2. The second-order valence-corrected chi connectivity index (χ2v) is 5.62. The summed E-state index contributed by atoms with van der Waals surface area (Å²) in [6, 6.07) is 24.8. The van der Waals surface area contributed by atoms with Gasteiger partial charge in [-0.05, 0) is 22.0 Å². The van der Waals surface area contributed by atoms with E-state index >= 15 is 0 Å². The SMILES string of the molecule is Pc1ccc(-c2ccccc2)c(-c2ccccc2)c1Cl. The van der Waals surface area contributed by atoms with Crippen molar-refractivity contribution in [3.63, 3.8) is 0 Å². The third kappa shape index (κ3) is 2.50. The molecule has 1 unspecified atom stereocenters. The first-order valence-corrected chi connectivity index (χ1v) is 7.42. The molecule has 0 fully saturated rings. The molecule has 0 aliphatic carbocycles. The Morgan fingerprint density at radius 1 is 0.650 bits per heavy atom. The zero-order valence-electron chi connectivity index (χ0n) is 10.9. The predicted molar refractivity (Wildman–Crippen MR) is 91.7 cm³/mol. The molecule has 20 heavy (non-hydrogen) atoms. The molecule has 0 bridgehead atoms. The van der Waals surface area contributed by atoms with Crippen molar-refractivity contribution < 1.29 is 0 Å².